The number of esters is 1. The number of hydrogen-bond donors (Lipinski definition) is 0. The number of carbonyl (C=O) groups excluding carboxylic acids is 2. The Kier molecular flexibility index (Phi) is 4.77. The van der Waals surface area contributed by atoms with Crippen molar-refractivity contribution in [3.8, 4) is 5.75 Å². The van der Waals surface area contributed by atoms with E-state index in [0.717, 1.165) is 0 Å². The van der Waals surface area contributed by atoms with Crippen LogP contribution in [0.4, 0.5) is 4.39 Å². The summed E-state index contributed by atoms with van der Waals surface area (Å²) in [6, 6.07) is 5.92. The zero-order valence-electron chi connectivity index (χ0n) is 12.0. The zero-order valence-corrected chi connectivity index (χ0v) is 12.0. The molecule has 21 heavy (non-hydrogen) atoms. The molecule has 1 aliphatic rings. The van der Waals surface area contributed by atoms with Crippen LogP contribution in [0, 0.1) is 17.7 Å². The van der Waals surface area contributed by atoms with Gasteiger partial charge in [0, 0.05) is 13.1 Å². The van der Waals surface area contributed by atoms with Crippen LogP contribution < -0.4 is 4.74 Å². The van der Waals surface area contributed by atoms with Crippen molar-refractivity contribution in [2.75, 3.05) is 26.8 Å². The highest BCUT2D eigenvalue weighted by Crippen LogP contribution is 2.24. The van der Waals surface area contributed by atoms with E-state index in [-0.39, 0.29) is 36.1 Å². The van der Waals surface area contributed by atoms with E-state index in [0.29, 0.717) is 13.1 Å². The average Bonchev–Trinajstić information content (AvgIpc) is 2.87. The van der Waals surface area contributed by atoms with Crippen LogP contribution in [0.3, 0.4) is 0 Å². The van der Waals surface area contributed by atoms with Crippen LogP contribution in [0.15, 0.2) is 24.3 Å². The minimum Gasteiger partial charge on any atom is -0.481 e. The average molecular weight is 295 g/mol. The molecule has 0 aromatic heterocycles. The normalized spacial score (nSPS) is 21.2. The van der Waals surface area contributed by atoms with Gasteiger partial charge in [-0.1, -0.05) is 19.1 Å². The summed E-state index contributed by atoms with van der Waals surface area (Å²) in [6.45, 7) is 2.43. The maximum absolute atomic E-state index is 13.4. The fourth-order valence-corrected chi connectivity index (χ4v) is 2.42. The molecular formula is C15H18FNO4. The molecule has 5 nitrogen and oxygen atoms in total. The van der Waals surface area contributed by atoms with Crippen molar-refractivity contribution < 1.29 is 23.5 Å². The number of para-hydroxylation sites is 1. The molecule has 1 aromatic carbocycles. The number of rotatable bonds is 4. The SMILES string of the molecule is COC(=O)C1CN(C(=O)COc2ccccc2F)CC1C. The van der Waals surface area contributed by atoms with Crippen molar-refractivity contribution in [1.29, 1.82) is 0 Å². The Morgan fingerprint density at radius 2 is 2.05 bits per heavy atom. The second-order valence-corrected chi connectivity index (χ2v) is 5.12. The van der Waals surface area contributed by atoms with Crippen LogP contribution in [0.5, 0.6) is 5.75 Å². The van der Waals surface area contributed by atoms with Crippen LogP contribution in [-0.2, 0) is 14.3 Å². The third kappa shape index (κ3) is 3.51. The number of amides is 1. The quantitative estimate of drug-likeness (QED) is 0.789. The molecule has 2 rings (SSSR count). The molecule has 0 aliphatic carbocycles. The van der Waals surface area contributed by atoms with Gasteiger partial charge in [0.05, 0.1) is 13.0 Å². The number of halogens is 1. The fraction of sp³-hybridized carbons (Fsp3) is 0.467. The molecule has 1 saturated heterocycles. The standard InChI is InChI=1S/C15H18FNO4/c1-10-7-17(8-11(10)15(19)20-2)14(18)9-21-13-6-4-3-5-12(13)16/h3-6,10-11H,7-9H2,1-2H3. The molecule has 1 heterocycles. The van der Waals surface area contributed by atoms with Crippen molar-refractivity contribution in [2.24, 2.45) is 11.8 Å². The Balaban J connectivity index is 1.90. The molecule has 0 N–H and O–H groups in total. The molecule has 0 saturated carbocycles. The number of ether oxygens (including phenoxy) is 2. The van der Waals surface area contributed by atoms with Crippen LogP contribution in [0.25, 0.3) is 0 Å². The minimum atomic E-state index is -0.507. The van der Waals surface area contributed by atoms with Crippen LogP contribution >= 0.6 is 0 Å². The molecule has 114 valence electrons. The van der Waals surface area contributed by atoms with Gasteiger partial charge in [0.1, 0.15) is 0 Å². The third-order valence-electron chi connectivity index (χ3n) is 3.66. The molecule has 2 unspecified atom stereocenters. The molecule has 1 aliphatic heterocycles. The van der Waals surface area contributed by atoms with E-state index in [4.69, 9.17) is 9.47 Å². The maximum atomic E-state index is 13.4. The predicted molar refractivity (Wildman–Crippen MR) is 73.1 cm³/mol. The number of hydrogen-bond acceptors (Lipinski definition) is 4. The highest BCUT2D eigenvalue weighted by Gasteiger charge is 2.37. The number of benzene rings is 1. The molecule has 6 heteroatoms. The third-order valence-corrected chi connectivity index (χ3v) is 3.66. The van der Waals surface area contributed by atoms with Crippen molar-refractivity contribution in [2.45, 2.75) is 6.92 Å². The summed E-state index contributed by atoms with van der Waals surface area (Å²) in [4.78, 5) is 25.2. The van der Waals surface area contributed by atoms with Gasteiger partial charge < -0.3 is 14.4 Å². The predicted octanol–water partition coefficient (Wildman–Crippen LogP) is 1.47. The van der Waals surface area contributed by atoms with Crippen molar-refractivity contribution in [3.05, 3.63) is 30.1 Å². The molecule has 1 fully saturated rings. The maximum Gasteiger partial charge on any atom is 0.310 e. The van der Waals surface area contributed by atoms with Crippen LogP contribution in [-0.4, -0.2) is 43.6 Å². The van der Waals surface area contributed by atoms with E-state index in [2.05, 4.69) is 0 Å². The summed E-state index contributed by atoms with van der Waals surface area (Å²) in [7, 11) is 1.33. The summed E-state index contributed by atoms with van der Waals surface area (Å²) < 4.78 is 23.3. The number of carbonyl (C=O) groups is 2. The van der Waals surface area contributed by atoms with Gasteiger partial charge in [-0.05, 0) is 18.1 Å². The minimum absolute atomic E-state index is 0.0369. The van der Waals surface area contributed by atoms with E-state index in [9.17, 15) is 14.0 Å². The van der Waals surface area contributed by atoms with E-state index in [1.807, 2.05) is 6.92 Å². The summed E-state index contributed by atoms with van der Waals surface area (Å²) in [5.41, 5.74) is 0. The highest BCUT2D eigenvalue weighted by atomic mass is 19.1. The Hall–Kier alpha value is -2.11. The molecule has 0 spiro atoms. The Bertz CT molecular complexity index is 534. The lowest BCUT2D eigenvalue weighted by Gasteiger charge is -2.16. The molecule has 0 bridgehead atoms. The monoisotopic (exact) mass is 295 g/mol. The Morgan fingerprint density at radius 1 is 1.33 bits per heavy atom. The van der Waals surface area contributed by atoms with Crippen molar-refractivity contribution >= 4 is 11.9 Å². The van der Waals surface area contributed by atoms with E-state index >= 15 is 0 Å². The van der Waals surface area contributed by atoms with Gasteiger partial charge >= 0.3 is 5.97 Å². The van der Waals surface area contributed by atoms with Crippen molar-refractivity contribution in [3.63, 3.8) is 0 Å². The number of methoxy groups -OCH3 is 1. The van der Waals surface area contributed by atoms with Gasteiger partial charge in [0.25, 0.3) is 5.91 Å². The van der Waals surface area contributed by atoms with Gasteiger partial charge in [0.15, 0.2) is 18.2 Å². The second-order valence-electron chi connectivity index (χ2n) is 5.12. The lowest BCUT2D eigenvalue weighted by molar-refractivity contribution is -0.146. The van der Waals surface area contributed by atoms with E-state index in [1.54, 1.807) is 17.0 Å². The Morgan fingerprint density at radius 3 is 2.71 bits per heavy atom. The molecule has 1 amide bonds. The first kappa shape index (κ1) is 15.3. The zero-order chi connectivity index (χ0) is 15.4. The first-order valence-corrected chi connectivity index (χ1v) is 6.76. The Labute approximate surface area is 122 Å². The second kappa shape index (κ2) is 6.56. The van der Waals surface area contributed by atoms with Crippen LogP contribution in [0.1, 0.15) is 6.92 Å². The summed E-state index contributed by atoms with van der Waals surface area (Å²) >= 11 is 0. The summed E-state index contributed by atoms with van der Waals surface area (Å²) in [5, 5.41) is 0. The molecule has 0 radical (unpaired) electrons. The first-order chi connectivity index (χ1) is 10.0. The summed E-state index contributed by atoms with van der Waals surface area (Å²) in [6.07, 6.45) is 0. The van der Waals surface area contributed by atoms with Gasteiger partial charge in [-0.25, -0.2) is 4.39 Å². The fourth-order valence-electron chi connectivity index (χ4n) is 2.42. The van der Waals surface area contributed by atoms with Gasteiger partial charge in [-0.15, -0.1) is 0 Å². The molecular weight excluding hydrogens is 277 g/mol. The molecule has 2 atom stereocenters. The van der Waals surface area contributed by atoms with Crippen LogP contribution in [0.2, 0.25) is 0 Å². The van der Waals surface area contributed by atoms with Crippen molar-refractivity contribution in [1.82, 2.24) is 4.90 Å². The van der Waals surface area contributed by atoms with Gasteiger partial charge in [-0.3, -0.25) is 9.59 Å². The number of likely N-dealkylation sites (tertiary alicyclic amines) is 1. The first-order valence-electron chi connectivity index (χ1n) is 6.76. The lowest BCUT2D eigenvalue weighted by atomic mass is 9.99. The number of nitrogens with zero attached hydrogens (tertiary/aromatic N) is 1. The topological polar surface area (TPSA) is 55.8 Å². The van der Waals surface area contributed by atoms with Gasteiger partial charge in [0.2, 0.25) is 0 Å². The molecule has 1 aromatic rings. The smallest absolute Gasteiger partial charge is 0.310 e. The lowest BCUT2D eigenvalue weighted by Crippen LogP contribution is -2.34. The van der Waals surface area contributed by atoms with Gasteiger partial charge in [-0.2, -0.15) is 0 Å². The largest absolute Gasteiger partial charge is 0.481 e. The van der Waals surface area contributed by atoms with E-state index < -0.39 is 5.82 Å². The van der Waals surface area contributed by atoms with E-state index in [1.165, 1.54) is 19.2 Å². The summed E-state index contributed by atoms with van der Waals surface area (Å²) in [5.74, 6) is -1.32. The highest BCUT2D eigenvalue weighted by molar-refractivity contribution is 5.80.